The Hall–Kier alpha value is -0.420. The number of rotatable bonds is 9. The first-order valence-electron chi connectivity index (χ1n) is 31.5. The number of unbranched alkanes of at least 4 members (excludes halogenated alkanes) is 3. The molecule has 0 radical (unpaired) electrons. The highest BCUT2D eigenvalue weighted by atomic mass is 19.4. The molecule has 0 nitrogen and oxygen atoms in total. The molecule has 0 aromatic rings. The molecule has 2 aliphatic rings. The van der Waals surface area contributed by atoms with Gasteiger partial charge < -0.3 is 0 Å². The minimum absolute atomic E-state index is 0.0556. The summed E-state index contributed by atoms with van der Waals surface area (Å²) in [6, 6.07) is 0. The van der Waals surface area contributed by atoms with Gasteiger partial charge in [-0.1, -0.05) is 336 Å². The van der Waals surface area contributed by atoms with Crippen LogP contribution in [0.1, 0.15) is 358 Å². The van der Waals surface area contributed by atoms with Gasteiger partial charge in [0.2, 0.25) is 0 Å². The summed E-state index contributed by atoms with van der Waals surface area (Å²) in [4.78, 5) is 0. The van der Waals surface area contributed by atoms with Gasteiger partial charge in [0.1, 0.15) is 0 Å². The number of hydrogen-bond acceptors (Lipinski definition) is 0. The summed E-state index contributed by atoms with van der Waals surface area (Å²) in [7, 11) is 0. The fraction of sp³-hybridized carbons (Fsp3) is 1.00. The topological polar surface area (TPSA) is 0 Å². The second-order valence-electron chi connectivity index (χ2n) is 20.6. The quantitative estimate of drug-likeness (QED) is 0.202. The van der Waals surface area contributed by atoms with Gasteiger partial charge in [0.15, 0.2) is 0 Å². The second-order valence-corrected chi connectivity index (χ2v) is 20.6. The van der Waals surface area contributed by atoms with Gasteiger partial charge in [-0.15, -0.1) is 0 Å². The first-order valence-corrected chi connectivity index (χ1v) is 28.0. The predicted molar refractivity (Wildman–Crippen MR) is 310 cm³/mol. The molecule has 0 N–H and O–H groups in total. The standard InChI is InChI=1S/C7H14.2C6H11F3.C6H12.C6H14.2C5H12.4C4H10.C3H8.C2H6/c1-7-5-3-2-4-6-7;2*1-3-5(2)4-6(7,8)9;1-6-4-2-3-5-6;1-5-6(2,3)4;1-4-5(2)3;1-3-5-4-2;2*1-4(2)3;2*1-3-4-2;1-3-2;1-2/h7H,2-6H2,1H3;2*5H,3-4H2,1-2H3;6H,2-5H2,1H3;5H2,1-4H3;5H,4H2,1-3H3;3-5H2,1-2H3;2*4H,1-3H3;2*3-4H2,1-2H3;3H2,1-2H3;1-2H3/t;2*5-;;;;;;;;;;/m.00........../s1/i7D;;;6D;5D2;;;4D;;3D2;;;. The zero-order valence-electron chi connectivity index (χ0n) is 59.4. The van der Waals surface area contributed by atoms with Crippen LogP contribution in [0.15, 0.2) is 0 Å². The van der Waals surface area contributed by atoms with Crippen LogP contribution in [0.4, 0.5) is 26.3 Å². The molecule has 0 saturated heterocycles. The van der Waals surface area contributed by atoms with E-state index in [2.05, 4.69) is 83.1 Å². The SMILES string of the molecule is CC.CC(C)C.CCC.CCC(C)C.CCCC.CCCCC.CC[C@H](C)CC(F)(F)F.CC[C@H](C)CC(F)(F)F.[2H]C(C)(C)C.[2H]C([2H])(C)C(C)(C)C.[2H]C([2H])(C)CC.[2H]C1(C)CCCC1.[2H]C1(C)CCCCC1. The van der Waals surface area contributed by atoms with E-state index in [1.54, 1.807) is 41.5 Å². The van der Waals surface area contributed by atoms with Crippen LogP contribution >= 0.6 is 0 Å². The number of hydrogen-bond donors (Lipinski definition) is 0. The summed E-state index contributed by atoms with van der Waals surface area (Å²) in [6.45, 7) is 57.2. The molecular weight excluding hydrogens is 859 g/mol. The van der Waals surface area contributed by atoms with E-state index in [0.29, 0.717) is 19.3 Å². The van der Waals surface area contributed by atoms with Gasteiger partial charge in [-0.2, -0.15) is 26.3 Å². The van der Waals surface area contributed by atoms with Crippen LogP contribution in [-0.4, -0.2) is 12.4 Å². The molecule has 2 rings (SSSR count). The molecule has 68 heavy (non-hydrogen) atoms. The van der Waals surface area contributed by atoms with Gasteiger partial charge in [0.05, 0.1) is 0 Å². The van der Waals surface area contributed by atoms with E-state index in [-0.39, 0.29) is 34.9 Å². The van der Waals surface area contributed by atoms with E-state index in [4.69, 9.17) is 9.60 Å². The van der Waals surface area contributed by atoms with Crippen LogP contribution in [0.25, 0.3) is 0 Å². The summed E-state index contributed by atoms with van der Waals surface area (Å²) < 4.78 is 119. The molecule has 0 heterocycles. The Morgan fingerprint density at radius 1 is 0.485 bits per heavy atom. The van der Waals surface area contributed by atoms with Crippen LogP contribution < -0.4 is 0 Å². The van der Waals surface area contributed by atoms with Gasteiger partial charge in [0.25, 0.3) is 0 Å². The Labute approximate surface area is 442 Å². The maximum absolute atomic E-state index is 11.5. The van der Waals surface area contributed by atoms with Gasteiger partial charge >= 0.3 is 12.4 Å². The van der Waals surface area contributed by atoms with Gasteiger partial charge in [0, 0.05) is 22.4 Å². The van der Waals surface area contributed by atoms with Crippen molar-refractivity contribution in [3.63, 3.8) is 0 Å². The van der Waals surface area contributed by atoms with E-state index in [9.17, 15) is 26.3 Å². The average Bonchev–Trinajstić information content (AvgIpc) is 3.64. The van der Waals surface area contributed by atoms with Crippen molar-refractivity contribution in [1.29, 1.82) is 0 Å². The summed E-state index contributed by atoms with van der Waals surface area (Å²) in [5.74, 6) is 0.878. The molecule has 0 aromatic heterocycles. The normalized spacial score (nSPS) is 16.7. The summed E-state index contributed by atoms with van der Waals surface area (Å²) in [5.41, 5.74) is -0.229. The fourth-order valence-corrected chi connectivity index (χ4v) is 3.57. The largest absolute Gasteiger partial charge is 0.389 e. The van der Waals surface area contributed by atoms with Crippen molar-refractivity contribution in [2.24, 2.45) is 46.8 Å². The smallest absolute Gasteiger partial charge is 0.171 e. The van der Waals surface area contributed by atoms with Crippen molar-refractivity contribution >= 4 is 0 Å². The highest BCUT2D eigenvalue weighted by Crippen LogP contribution is 2.27. The van der Waals surface area contributed by atoms with Crippen LogP contribution in [0.2, 0.25) is 0 Å². The predicted octanol–water partition coefficient (Wildman–Crippen LogP) is 26.8. The molecule has 2 aliphatic carbocycles. The van der Waals surface area contributed by atoms with Crippen molar-refractivity contribution in [2.75, 3.05) is 0 Å². The van der Waals surface area contributed by atoms with Crippen LogP contribution in [0.5, 0.6) is 0 Å². The molecule has 430 valence electrons. The molecule has 0 aliphatic heterocycles. The van der Waals surface area contributed by atoms with Gasteiger partial charge in [-0.3, -0.25) is 0 Å². The Morgan fingerprint density at radius 3 is 0.750 bits per heavy atom. The molecule has 6 heteroatoms. The lowest BCUT2D eigenvalue weighted by molar-refractivity contribution is -0.144. The second kappa shape index (κ2) is 75.5. The molecule has 0 amide bonds. The highest BCUT2D eigenvalue weighted by Gasteiger charge is 2.29. The summed E-state index contributed by atoms with van der Waals surface area (Å²) in [5, 5.41) is 0. The molecule has 2 atom stereocenters. The Bertz CT molecular complexity index is 958. The van der Waals surface area contributed by atoms with E-state index in [1.807, 2.05) is 76.2 Å². The monoisotopic (exact) mass is 1010 g/mol. The molecular formula is C62H140F6. The molecule has 0 bridgehead atoms. The average molecular weight is 1010 g/mol. The Morgan fingerprint density at radius 2 is 0.691 bits per heavy atom. The molecule has 2 saturated carbocycles. The maximum atomic E-state index is 11.5. The minimum atomic E-state index is -3.98. The maximum Gasteiger partial charge on any atom is 0.389 e. The third-order valence-corrected chi connectivity index (χ3v) is 8.85. The Balaban J connectivity index is -0.0000000668. The lowest BCUT2D eigenvalue weighted by Crippen LogP contribution is -2.12. The van der Waals surface area contributed by atoms with E-state index in [1.165, 1.54) is 77.0 Å². The number of halogens is 6. The van der Waals surface area contributed by atoms with E-state index in [0.717, 1.165) is 37.5 Å². The zero-order valence-corrected chi connectivity index (χ0v) is 52.4. The Kier molecular flexibility index (Phi) is 82.3. The first-order chi connectivity index (χ1) is 33.4. The van der Waals surface area contributed by atoms with Crippen molar-refractivity contribution in [3.8, 4) is 0 Å². The third-order valence-electron chi connectivity index (χ3n) is 8.85. The minimum Gasteiger partial charge on any atom is -0.171 e. The first kappa shape index (κ1) is 74.1. The highest BCUT2D eigenvalue weighted by molar-refractivity contribution is 4.61. The van der Waals surface area contributed by atoms with Crippen LogP contribution in [0, 0.1) is 46.8 Å². The van der Waals surface area contributed by atoms with E-state index < -0.39 is 37.9 Å². The fourth-order valence-electron chi connectivity index (χ4n) is 3.57. The zero-order chi connectivity index (χ0) is 63.2. The molecule has 0 spiro atoms. The number of alkyl halides is 6. The van der Waals surface area contributed by atoms with Crippen molar-refractivity contribution in [1.82, 2.24) is 0 Å². The van der Waals surface area contributed by atoms with Gasteiger partial charge in [-0.05, 0) is 46.8 Å². The van der Waals surface area contributed by atoms with Crippen LogP contribution in [-0.2, 0) is 0 Å². The molecule has 0 unspecified atom stereocenters. The lowest BCUT2D eigenvalue weighted by atomic mass is 9.91. The van der Waals surface area contributed by atoms with E-state index >= 15 is 0 Å². The van der Waals surface area contributed by atoms with Crippen molar-refractivity contribution in [2.45, 2.75) is 361 Å². The van der Waals surface area contributed by atoms with Crippen LogP contribution in [0.3, 0.4) is 0 Å². The molecule has 0 aromatic carbocycles. The van der Waals surface area contributed by atoms with Crippen molar-refractivity contribution < 1.29 is 35.9 Å². The summed E-state index contributed by atoms with van der Waals surface area (Å²) in [6.07, 6.45) is 10.7. The lowest BCUT2D eigenvalue weighted by Gasteiger charge is -2.15. The van der Waals surface area contributed by atoms with Gasteiger partial charge in [-0.25, -0.2) is 0 Å². The molecule has 2 fully saturated rings. The summed E-state index contributed by atoms with van der Waals surface area (Å²) >= 11 is 0. The van der Waals surface area contributed by atoms with Crippen molar-refractivity contribution in [3.05, 3.63) is 0 Å². The third kappa shape index (κ3) is 194.